The van der Waals surface area contributed by atoms with Crippen LogP contribution in [0, 0.1) is 5.41 Å². The van der Waals surface area contributed by atoms with E-state index in [1.54, 1.807) is 60.8 Å². The van der Waals surface area contributed by atoms with E-state index in [9.17, 15) is 18.0 Å². The van der Waals surface area contributed by atoms with Gasteiger partial charge in [-0.3, -0.25) is 20.0 Å². The quantitative estimate of drug-likeness (QED) is 0.195. The minimum atomic E-state index is -3.85. The Hall–Kier alpha value is -4.09. The van der Waals surface area contributed by atoms with Gasteiger partial charge in [0.25, 0.3) is 0 Å². The topological polar surface area (TPSA) is 158 Å². The number of nitrogens with zero attached hydrogens (tertiary/aromatic N) is 2. The average molecular weight is 563 g/mol. The summed E-state index contributed by atoms with van der Waals surface area (Å²) in [4.78, 5) is 32.7. The van der Waals surface area contributed by atoms with Gasteiger partial charge >= 0.3 is 0 Å². The molecular formula is C29H34N6O4S. The average Bonchev–Trinajstić information content (AvgIpc) is 3.45. The van der Waals surface area contributed by atoms with Crippen molar-refractivity contribution in [1.29, 1.82) is 5.41 Å². The lowest BCUT2D eigenvalue weighted by molar-refractivity contribution is -0.139. The number of nitrogens with two attached hydrogens (primary N) is 1. The normalized spacial score (nSPS) is 15.9. The van der Waals surface area contributed by atoms with Crippen LogP contribution in [0.15, 0.2) is 79.0 Å². The Morgan fingerprint density at radius 2 is 1.75 bits per heavy atom. The first kappa shape index (κ1) is 28.9. The van der Waals surface area contributed by atoms with Crippen LogP contribution < -0.4 is 15.8 Å². The predicted molar refractivity (Wildman–Crippen MR) is 153 cm³/mol. The highest BCUT2D eigenvalue weighted by molar-refractivity contribution is 7.88. The van der Waals surface area contributed by atoms with Gasteiger partial charge in [-0.1, -0.05) is 60.7 Å². The summed E-state index contributed by atoms with van der Waals surface area (Å²) in [6, 6.07) is 19.5. The second-order valence-electron chi connectivity index (χ2n) is 9.79. The van der Waals surface area contributed by atoms with E-state index >= 15 is 0 Å². The predicted octanol–water partition coefficient (Wildman–Crippen LogP) is 2.09. The Balaban J connectivity index is 1.45. The number of carbonyl (C=O) groups excluding carboxylic acids is 2. The summed E-state index contributed by atoms with van der Waals surface area (Å²) in [6.45, 7) is 0.618. The SMILES string of the molecule is N=C(N)c1ccc(CNC(=O)[C@@H]2CCCN2C(=O)C(CCc2ccccn2)NS(=O)(=O)Cc2ccccc2)cc1. The fourth-order valence-corrected chi connectivity index (χ4v) is 6.10. The Morgan fingerprint density at radius 1 is 1.02 bits per heavy atom. The van der Waals surface area contributed by atoms with E-state index < -0.39 is 28.0 Å². The van der Waals surface area contributed by atoms with Gasteiger partial charge in [-0.25, -0.2) is 13.1 Å². The molecule has 210 valence electrons. The number of rotatable bonds is 12. The molecule has 0 bridgehead atoms. The minimum absolute atomic E-state index is 0.0345. The van der Waals surface area contributed by atoms with Crippen LogP contribution in [0.3, 0.4) is 0 Å². The molecule has 2 amide bonds. The molecule has 11 heteroatoms. The highest BCUT2D eigenvalue weighted by Gasteiger charge is 2.38. The molecular weight excluding hydrogens is 528 g/mol. The van der Waals surface area contributed by atoms with E-state index in [0.29, 0.717) is 36.9 Å². The number of carbonyl (C=O) groups is 2. The molecule has 5 N–H and O–H groups in total. The van der Waals surface area contributed by atoms with Crippen LogP contribution in [0.1, 0.15) is 41.6 Å². The maximum atomic E-state index is 13.8. The summed E-state index contributed by atoms with van der Waals surface area (Å²) in [5, 5.41) is 10.4. The number of hydrogen-bond acceptors (Lipinski definition) is 6. The van der Waals surface area contributed by atoms with Crippen LogP contribution in [0.25, 0.3) is 0 Å². The molecule has 40 heavy (non-hydrogen) atoms. The van der Waals surface area contributed by atoms with E-state index in [2.05, 4.69) is 15.0 Å². The minimum Gasteiger partial charge on any atom is -0.384 e. The molecule has 0 spiro atoms. The molecule has 1 aliphatic rings. The van der Waals surface area contributed by atoms with Crippen molar-refractivity contribution in [2.45, 2.75) is 50.1 Å². The largest absolute Gasteiger partial charge is 0.384 e. The van der Waals surface area contributed by atoms with Gasteiger partial charge in [-0.15, -0.1) is 0 Å². The molecule has 2 aromatic carbocycles. The van der Waals surface area contributed by atoms with Crippen LogP contribution in [0.5, 0.6) is 0 Å². The number of amidine groups is 1. The van der Waals surface area contributed by atoms with Crippen molar-refractivity contribution in [3.8, 4) is 0 Å². The van der Waals surface area contributed by atoms with E-state index in [-0.39, 0.29) is 30.5 Å². The highest BCUT2D eigenvalue weighted by Crippen LogP contribution is 2.21. The van der Waals surface area contributed by atoms with Crippen LogP contribution in [-0.2, 0) is 38.3 Å². The summed E-state index contributed by atoms with van der Waals surface area (Å²) >= 11 is 0. The first-order valence-electron chi connectivity index (χ1n) is 13.2. The van der Waals surface area contributed by atoms with Crippen LogP contribution in [0.4, 0.5) is 0 Å². The standard InChI is InChI=1S/C29H34N6O4S/c30-27(31)23-13-11-21(12-14-23)19-33-28(36)26-10-6-18-35(26)29(37)25(16-15-24-9-4-5-17-32-24)34-40(38,39)20-22-7-2-1-3-8-22/h1-5,7-9,11-14,17,25-26,34H,6,10,15-16,18-20H2,(H3,30,31)(H,33,36)/t25?,26-/m0/s1. The molecule has 3 aromatic rings. The molecule has 0 aliphatic carbocycles. The molecule has 1 aliphatic heterocycles. The van der Waals surface area contributed by atoms with Crippen LogP contribution in [0.2, 0.25) is 0 Å². The third-order valence-corrected chi connectivity index (χ3v) is 8.16. The number of pyridine rings is 1. The Labute approximate surface area is 234 Å². The summed E-state index contributed by atoms with van der Waals surface area (Å²) in [5.74, 6) is -1.01. The van der Waals surface area contributed by atoms with Gasteiger partial charge in [0.05, 0.1) is 5.75 Å². The zero-order chi connectivity index (χ0) is 28.5. The second kappa shape index (κ2) is 13.3. The first-order valence-corrected chi connectivity index (χ1v) is 14.8. The zero-order valence-electron chi connectivity index (χ0n) is 22.1. The van der Waals surface area contributed by atoms with Crippen LogP contribution >= 0.6 is 0 Å². The van der Waals surface area contributed by atoms with E-state index in [4.69, 9.17) is 11.1 Å². The van der Waals surface area contributed by atoms with Crippen molar-refractivity contribution in [2.75, 3.05) is 6.54 Å². The van der Waals surface area contributed by atoms with E-state index in [0.717, 1.165) is 11.3 Å². The Kier molecular flexibility index (Phi) is 9.62. The van der Waals surface area contributed by atoms with Gasteiger partial charge in [0, 0.05) is 30.5 Å². The molecule has 0 saturated carbocycles. The summed E-state index contributed by atoms with van der Waals surface area (Å²) < 4.78 is 28.8. The summed E-state index contributed by atoms with van der Waals surface area (Å²) in [7, 11) is -3.85. The zero-order valence-corrected chi connectivity index (χ0v) is 22.9. The maximum Gasteiger partial charge on any atom is 0.243 e. The molecule has 1 saturated heterocycles. The van der Waals surface area contributed by atoms with E-state index in [1.165, 1.54) is 4.90 Å². The second-order valence-corrected chi connectivity index (χ2v) is 11.5. The molecule has 1 unspecified atom stereocenters. The van der Waals surface area contributed by atoms with Crippen molar-refractivity contribution in [3.05, 3.63) is 101 Å². The van der Waals surface area contributed by atoms with Gasteiger partial charge in [-0.05, 0) is 48.9 Å². The van der Waals surface area contributed by atoms with Gasteiger partial charge in [-0.2, -0.15) is 0 Å². The number of amides is 2. The van der Waals surface area contributed by atoms with Crippen molar-refractivity contribution < 1.29 is 18.0 Å². The van der Waals surface area contributed by atoms with Crippen molar-refractivity contribution >= 4 is 27.7 Å². The molecule has 10 nitrogen and oxygen atoms in total. The fraction of sp³-hybridized carbons (Fsp3) is 0.310. The maximum absolute atomic E-state index is 13.8. The third kappa shape index (κ3) is 7.96. The monoisotopic (exact) mass is 562 g/mol. The lowest BCUT2D eigenvalue weighted by Crippen LogP contribution is -2.53. The fourth-order valence-electron chi connectivity index (χ4n) is 4.74. The first-order chi connectivity index (χ1) is 19.2. The molecule has 2 atom stereocenters. The number of aromatic nitrogens is 1. The lowest BCUT2D eigenvalue weighted by atomic mass is 10.1. The summed E-state index contributed by atoms with van der Waals surface area (Å²) in [5.41, 5.74) is 8.28. The smallest absolute Gasteiger partial charge is 0.243 e. The number of nitrogens with one attached hydrogen (secondary N) is 3. The number of aryl methyl sites for hydroxylation is 1. The number of hydrogen-bond donors (Lipinski definition) is 4. The van der Waals surface area contributed by atoms with Crippen molar-refractivity contribution in [1.82, 2.24) is 19.9 Å². The number of benzene rings is 2. The van der Waals surface area contributed by atoms with E-state index in [1.807, 2.05) is 18.2 Å². The van der Waals surface area contributed by atoms with Gasteiger partial charge in [0.2, 0.25) is 21.8 Å². The highest BCUT2D eigenvalue weighted by atomic mass is 32.2. The Morgan fingerprint density at radius 3 is 2.42 bits per heavy atom. The Bertz CT molecular complexity index is 1420. The summed E-state index contributed by atoms with van der Waals surface area (Å²) in [6.07, 6.45) is 3.38. The van der Waals surface area contributed by atoms with Crippen LogP contribution in [-0.4, -0.2) is 54.6 Å². The van der Waals surface area contributed by atoms with Gasteiger partial charge < -0.3 is 16.0 Å². The third-order valence-electron chi connectivity index (χ3n) is 6.80. The number of sulfonamides is 1. The number of nitrogen functional groups attached to an aromatic ring is 1. The molecule has 2 heterocycles. The van der Waals surface area contributed by atoms with Crippen molar-refractivity contribution in [2.24, 2.45) is 5.73 Å². The molecule has 1 aromatic heterocycles. The molecule has 1 fully saturated rings. The van der Waals surface area contributed by atoms with Gasteiger partial charge in [0.15, 0.2) is 0 Å². The number of likely N-dealkylation sites (tertiary alicyclic amines) is 1. The molecule has 0 radical (unpaired) electrons. The van der Waals surface area contributed by atoms with Crippen molar-refractivity contribution in [3.63, 3.8) is 0 Å². The lowest BCUT2D eigenvalue weighted by Gasteiger charge is -2.28. The van der Waals surface area contributed by atoms with Gasteiger partial charge in [0.1, 0.15) is 17.9 Å². The molecule has 4 rings (SSSR count).